The second-order valence-corrected chi connectivity index (χ2v) is 8.88. The first kappa shape index (κ1) is 19.3. The summed E-state index contributed by atoms with van der Waals surface area (Å²) in [5.74, 6) is 0. The number of nitrogens with zero attached hydrogens (tertiary/aromatic N) is 4. The lowest BCUT2D eigenvalue weighted by Gasteiger charge is -2.26. The SMILES string of the molecule is Cc1cc(=O)n(CCN2CCCN(S(=O)(=O)N3CCCC3)CC2)c(=O)[nH]1. The number of aromatic nitrogens is 2. The van der Waals surface area contributed by atoms with Crippen LogP contribution in [0, 0.1) is 6.92 Å². The van der Waals surface area contributed by atoms with E-state index in [2.05, 4.69) is 9.88 Å². The molecule has 26 heavy (non-hydrogen) atoms. The van der Waals surface area contributed by atoms with Crippen LogP contribution < -0.4 is 11.2 Å². The van der Waals surface area contributed by atoms with Gasteiger partial charge in [-0.3, -0.25) is 9.36 Å². The quantitative estimate of drug-likeness (QED) is 0.715. The second-order valence-electron chi connectivity index (χ2n) is 6.96. The highest BCUT2D eigenvalue weighted by Crippen LogP contribution is 2.18. The largest absolute Gasteiger partial charge is 0.328 e. The van der Waals surface area contributed by atoms with E-state index in [1.54, 1.807) is 15.5 Å². The van der Waals surface area contributed by atoms with Gasteiger partial charge in [0.25, 0.3) is 15.8 Å². The molecule has 2 saturated heterocycles. The summed E-state index contributed by atoms with van der Waals surface area (Å²) in [6.45, 7) is 6.06. The Morgan fingerprint density at radius 3 is 2.27 bits per heavy atom. The number of H-pyrrole nitrogens is 1. The molecule has 0 aliphatic carbocycles. The molecule has 10 heteroatoms. The number of nitrogens with one attached hydrogen (secondary N) is 1. The summed E-state index contributed by atoms with van der Waals surface area (Å²) in [5, 5.41) is 0. The van der Waals surface area contributed by atoms with E-state index in [1.807, 2.05) is 0 Å². The Kier molecular flexibility index (Phi) is 5.96. The lowest BCUT2D eigenvalue weighted by Crippen LogP contribution is -2.44. The minimum Gasteiger partial charge on any atom is -0.311 e. The summed E-state index contributed by atoms with van der Waals surface area (Å²) < 4.78 is 29.7. The summed E-state index contributed by atoms with van der Waals surface area (Å²) in [6, 6.07) is 1.41. The molecule has 0 atom stereocenters. The van der Waals surface area contributed by atoms with Crippen molar-refractivity contribution in [2.45, 2.75) is 32.7 Å². The molecule has 9 nitrogen and oxygen atoms in total. The molecule has 0 unspecified atom stereocenters. The van der Waals surface area contributed by atoms with E-state index in [1.165, 1.54) is 10.6 Å². The molecule has 0 saturated carbocycles. The molecule has 2 aliphatic rings. The van der Waals surface area contributed by atoms with Crippen LogP contribution in [0.3, 0.4) is 0 Å². The predicted octanol–water partition coefficient (Wildman–Crippen LogP) is -0.807. The van der Waals surface area contributed by atoms with Crippen molar-refractivity contribution in [1.29, 1.82) is 0 Å². The lowest BCUT2D eigenvalue weighted by atomic mass is 10.4. The van der Waals surface area contributed by atoms with Gasteiger partial charge in [-0.15, -0.1) is 0 Å². The van der Waals surface area contributed by atoms with Crippen molar-refractivity contribution >= 4 is 10.2 Å². The van der Waals surface area contributed by atoms with Crippen LogP contribution in [0.25, 0.3) is 0 Å². The van der Waals surface area contributed by atoms with Gasteiger partial charge in [0.1, 0.15) is 0 Å². The van der Waals surface area contributed by atoms with Crippen molar-refractivity contribution < 1.29 is 8.42 Å². The molecule has 3 heterocycles. The molecule has 2 aliphatic heterocycles. The van der Waals surface area contributed by atoms with Crippen LogP contribution in [0.15, 0.2) is 15.7 Å². The van der Waals surface area contributed by atoms with E-state index < -0.39 is 15.9 Å². The van der Waals surface area contributed by atoms with Crippen LogP contribution in [0.1, 0.15) is 25.0 Å². The number of aryl methyl sites for hydroxylation is 1. The van der Waals surface area contributed by atoms with Gasteiger partial charge in [0.2, 0.25) is 0 Å². The molecule has 146 valence electrons. The first-order valence-electron chi connectivity index (χ1n) is 9.16. The summed E-state index contributed by atoms with van der Waals surface area (Å²) in [6.07, 6.45) is 2.60. The third-order valence-electron chi connectivity index (χ3n) is 5.06. The van der Waals surface area contributed by atoms with Gasteiger partial charge in [-0.1, -0.05) is 0 Å². The van der Waals surface area contributed by atoms with Crippen LogP contribution in [0.5, 0.6) is 0 Å². The molecule has 1 aromatic heterocycles. The van der Waals surface area contributed by atoms with Crippen molar-refractivity contribution in [3.8, 4) is 0 Å². The van der Waals surface area contributed by atoms with Gasteiger partial charge in [0.15, 0.2) is 0 Å². The smallest absolute Gasteiger partial charge is 0.311 e. The molecule has 0 spiro atoms. The fraction of sp³-hybridized carbons (Fsp3) is 0.750. The van der Waals surface area contributed by atoms with Crippen molar-refractivity contribution in [2.24, 2.45) is 0 Å². The Morgan fingerprint density at radius 2 is 1.58 bits per heavy atom. The first-order chi connectivity index (χ1) is 12.4. The Bertz CT molecular complexity index is 810. The standard InChI is InChI=1S/C16H27N5O4S/c1-14-13-15(22)21(16(23)17-14)12-10-18-5-4-8-20(11-9-18)26(24,25)19-6-2-3-7-19/h13H,2-12H2,1H3,(H,17,23). The van der Waals surface area contributed by atoms with Crippen molar-refractivity contribution in [3.05, 3.63) is 32.6 Å². The van der Waals surface area contributed by atoms with E-state index >= 15 is 0 Å². The maximum absolute atomic E-state index is 12.7. The van der Waals surface area contributed by atoms with Crippen LogP contribution in [0.4, 0.5) is 0 Å². The highest BCUT2D eigenvalue weighted by molar-refractivity contribution is 7.86. The Balaban J connectivity index is 1.59. The fourth-order valence-corrected chi connectivity index (χ4v) is 5.29. The lowest BCUT2D eigenvalue weighted by molar-refractivity contribution is 0.270. The monoisotopic (exact) mass is 385 g/mol. The third kappa shape index (κ3) is 4.25. The minimum absolute atomic E-state index is 0.299. The molecule has 0 radical (unpaired) electrons. The average Bonchev–Trinajstić information content (AvgIpc) is 3.01. The summed E-state index contributed by atoms with van der Waals surface area (Å²) in [5.41, 5.74) is -0.156. The maximum Gasteiger partial charge on any atom is 0.328 e. The van der Waals surface area contributed by atoms with Crippen molar-refractivity contribution in [1.82, 2.24) is 23.1 Å². The second kappa shape index (κ2) is 8.03. The number of hydrogen-bond donors (Lipinski definition) is 1. The van der Waals surface area contributed by atoms with Crippen LogP contribution in [0.2, 0.25) is 0 Å². The summed E-state index contributed by atoms with van der Waals surface area (Å²) in [7, 11) is -3.36. The highest BCUT2D eigenvalue weighted by Gasteiger charge is 2.32. The number of hydrogen-bond acceptors (Lipinski definition) is 5. The molecule has 0 aromatic carbocycles. The van der Waals surface area contributed by atoms with Crippen LogP contribution in [-0.4, -0.2) is 77.3 Å². The van der Waals surface area contributed by atoms with E-state index in [0.29, 0.717) is 51.5 Å². The molecular formula is C16H27N5O4S. The zero-order valence-corrected chi connectivity index (χ0v) is 16.0. The molecule has 1 aromatic rings. The topological polar surface area (TPSA) is 98.7 Å². The molecule has 2 fully saturated rings. The molecular weight excluding hydrogens is 358 g/mol. The predicted molar refractivity (Wildman–Crippen MR) is 98.4 cm³/mol. The maximum atomic E-state index is 12.7. The minimum atomic E-state index is -3.36. The zero-order chi connectivity index (χ0) is 18.7. The van der Waals surface area contributed by atoms with Gasteiger partial charge in [0, 0.05) is 57.6 Å². The van der Waals surface area contributed by atoms with E-state index in [4.69, 9.17) is 0 Å². The van der Waals surface area contributed by atoms with Crippen LogP contribution >= 0.6 is 0 Å². The van der Waals surface area contributed by atoms with E-state index in [0.717, 1.165) is 25.8 Å². The summed E-state index contributed by atoms with van der Waals surface area (Å²) in [4.78, 5) is 28.6. The van der Waals surface area contributed by atoms with Crippen molar-refractivity contribution in [2.75, 3.05) is 45.8 Å². The van der Waals surface area contributed by atoms with E-state index in [9.17, 15) is 18.0 Å². The normalized spacial score (nSPS) is 21.1. The summed E-state index contributed by atoms with van der Waals surface area (Å²) >= 11 is 0. The first-order valence-corrected chi connectivity index (χ1v) is 10.6. The zero-order valence-electron chi connectivity index (χ0n) is 15.2. The molecule has 0 bridgehead atoms. The molecule has 3 rings (SSSR count). The van der Waals surface area contributed by atoms with Gasteiger partial charge in [-0.2, -0.15) is 17.0 Å². The Hall–Kier alpha value is -1.49. The highest BCUT2D eigenvalue weighted by atomic mass is 32.2. The van der Waals surface area contributed by atoms with Gasteiger partial charge in [0.05, 0.1) is 0 Å². The van der Waals surface area contributed by atoms with Gasteiger partial charge in [-0.05, 0) is 32.7 Å². The number of aromatic amines is 1. The van der Waals surface area contributed by atoms with Gasteiger partial charge >= 0.3 is 5.69 Å². The Morgan fingerprint density at radius 1 is 0.923 bits per heavy atom. The number of rotatable bonds is 5. The van der Waals surface area contributed by atoms with Gasteiger partial charge < -0.3 is 9.88 Å². The van der Waals surface area contributed by atoms with Crippen molar-refractivity contribution in [3.63, 3.8) is 0 Å². The molecule has 0 amide bonds. The van der Waals surface area contributed by atoms with Crippen LogP contribution in [-0.2, 0) is 16.8 Å². The third-order valence-corrected chi connectivity index (χ3v) is 7.10. The van der Waals surface area contributed by atoms with E-state index in [-0.39, 0.29) is 5.56 Å². The fourth-order valence-electron chi connectivity index (χ4n) is 3.57. The average molecular weight is 385 g/mol. The molecule has 1 N–H and O–H groups in total. The Labute approximate surface area is 153 Å². The van der Waals surface area contributed by atoms with Gasteiger partial charge in [-0.25, -0.2) is 4.79 Å².